The number of carbonyl (C=O) groups excluding carboxylic acids is 2. The normalized spacial score (nSPS) is 12.4. The van der Waals surface area contributed by atoms with Gasteiger partial charge in [-0.3, -0.25) is 19.1 Å². The molecule has 2 amide bonds. The van der Waals surface area contributed by atoms with Crippen LogP contribution in [0.5, 0.6) is 0 Å². The molecule has 2 heterocycles. The summed E-state index contributed by atoms with van der Waals surface area (Å²) in [6.45, 7) is 0.391. The number of fused-ring (bicyclic) bond motifs is 1. The highest BCUT2D eigenvalue weighted by Crippen LogP contribution is 2.29. The van der Waals surface area contributed by atoms with Gasteiger partial charge in [0.2, 0.25) is 11.8 Å². The molecule has 0 spiro atoms. The summed E-state index contributed by atoms with van der Waals surface area (Å²) in [6.07, 6.45) is 4.31. The van der Waals surface area contributed by atoms with Crippen molar-refractivity contribution in [2.75, 3.05) is 11.1 Å². The minimum Gasteiger partial charge on any atom is -0.366 e. The van der Waals surface area contributed by atoms with E-state index in [1.54, 1.807) is 35.0 Å². The van der Waals surface area contributed by atoms with Gasteiger partial charge >= 0.3 is 5.69 Å². The number of rotatable bonds is 7. The van der Waals surface area contributed by atoms with E-state index in [-0.39, 0.29) is 17.3 Å². The van der Waals surface area contributed by atoms with Crippen molar-refractivity contribution in [1.29, 1.82) is 0 Å². The van der Waals surface area contributed by atoms with E-state index in [0.717, 1.165) is 36.2 Å². The smallest absolute Gasteiger partial charge is 0.349 e. The lowest BCUT2D eigenvalue weighted by Gasteiger charge is -2.14. The monoisotopic (exact) mass is 435 g/mol. The van der Waals surface area contributed by atoms with Crippen LogP contribution in [-0.2, 0) is 24.2 Å². The molecule has 4 rings (SSSR count). The van der Waals surface area contributed by atoms with E-state index in [1.165, 1.54) is 11.8 Å². The van der Waals surface area contributed by atoms with Crippen molar-refractivity contribution in [3.8, 4) is 0 Å². The van der Waals surface area contributed by atoms with Gasteiger partial charge in [0, 0.05) is 28.7 Å². The molecule has 9 heteroatoms. The van der Waals surface area contributed by atoms with Crippen LogP contribution >= 0.6 is 11.8 Å². The maximum atomic E-state index is 12.7. The van der Waals surface area contributed by atoms with Gasteiger partial charge in [0.1, 0.15) is 5.03 Å². The number of benzene rings is 1. The van der Waals surface area contributed by atoms with Gasteiger partial charge in [0.15, 0.2) is 0 Å². The number of primary amides is 1. The Morgan fingerprint density at radius 1 is 1.13 bits per heavy atom. The third-order valence-electron chi connectivity index (χ3n) is 5.04. The molecular formula is C22H21N5O3S. The summed E-state index contributed by atoms with van der Waals surface area (Å²) >= 11 is 1.26. The second-order valence-electron chi connectivity index (χ2n) is 7.16. The number of pyridine rings is 1. The van der Waals surface area contributed by atoms with Gasteiger partial charge in [-0.15, -0.1) is 0 Å². The number of anilines is 1. The second kappa shape index (κ2) is 9.13. The van der Waals surface area contributed by atoms with Gasteiger partial charge in [0.25, 0.3) is 0 Å². The van der Waals surface area contributed by atoms with Crippen molar-refractivity contribution in [3.63, 3.8) is 0 Å². The number of carbonyl (C=O) groups is 2. The Kier molecular flexibility index (Phi) is 6.13. The lowest BCUT2D eigenvalue weighted by Crippen LogP contribution is -2.28. The van der Waals surface area contributed by atoms with E-state index < -0.39 is 5.91 Å². The molecule has 0 aliphatic heterocycles. The molecule has 3 aromatic rings. The number of hydrogen-bond donors (Lipinski definition) is 2. The Balaban J connectivity index is 1.46. The minimum atomic E-state index is -0.522. The Labute approximate surface area is 182 Å². The summed E-state index contributed by atoms with van der Waals surface area (Å²) in [5, 5.41) is 3.39. The molecule has 1 aliphatic carbocycles. The van der Waals surface area contributed by atoms with Crippen molar-refractivity contribution in [3.05, 3.63) is 81.7 Å². The highest BCUT2D eigenvalue weighted by molar-refractivity contribution is 8.00. The first kappa shape index (κ1) is 20.8. The molecule has 0 atom stereocenters. The van der Waals surface area contributed by atoms with E-state index in [2.05, 4.69) is 15.3 Å². The van der Waals surface area contributed by atoms with E-state index >= 15 is 0 Å². The molecular weight excluding hydrogens is 414 g/mol. The Morgan fingerprint density at radius 3 is 2.65 bits per heavy atom. The molecule has 8 nitrogen and oxygen atoms in total. The molecule has 0 radical (unpaired) electrons. The third kappa shape index (κ3) is 4.83. The molecule has 158 valence electrons. The molecule has 0 fully saturated rings. The van der Waals surface area contributed by atoms with E-state index in [9.17, 15) is 14.4 Å². The van der Waals surface area contributed by atoms with Gasteiger partial charge in [-0.05, 0) is 55.7 Å². The van der Waals surface area contributed by atoms with Crippen LogP contribution in [-0.4, -0.2) is 32.1 Å². The predicted molar refractivity (Wildman–Crippen MR) is 118 cm³/mol. The van der Waals surface area contributed by atoms with Crippen molar-refractivity contribution in [2.24, 2.45) is 5.73 Å². The standard InChI is InChI=1S/C22H21N5O3S/c23-20(29)14-7-9-15(10-8-14)25-19(28)13-31-21-17-5-3-6-18(17)27(22(30)26-21)12-16-4-1-2-11-24-16/h1-2,4,7-11H,3,5-6,12-13H2,(H2,23,29)(H,25,28). The molecule has 0 saturated heterocycles. The van der Waals surface area contributed by atoms with Crippen molar-refractivity contribution < 1.29 is 9.59 Å². The fourth-order valence-corrected chi connectivity index (χ4v) is 4.45. The third-order valence-corrected chi connectivity index (χ3v) is 6.06. The first-order chi connectivity index (χ1) is 15.0. The quantitative estimate of drug-likeness (QED) is 0.433. The first-order valence-electron chi connectivity index (χ1n) is 9.86. The average Bonchev–Trinajstić information content (AvgIpc) is 3.26. The molecule has 0 bridgehead atoms. The first-order valence-corrected chi connectivity index (χ1v) is 10.8. The average molecular weight is 436 g/mol. The van der Waals surface area contributed by atoms with Crippen LogP contribution < -0.4 is 16.7 Å². The molecule has 3 N–H and O–H groups in total. The van der Waals surface area contributed by atoms with Crippen LogP contribution in [0.1, 0.15) is 33.7 Å². The zero-order chi connectivity index (χ0) is 21.8. The second-order valence-corrected chi connectivity index (χ2v) is 8.13. The summed E-state index contributed by atoms with van der Waals surface area (Å²) in [4.78, 5) is 44.8. The van der Waals surface area contributed by atoms with Crippen LogP contribution in [0.15, 0.2) is 58.5 Å². The number of amides is 2. The fourth-order valence-electron chi connectivity index (χ4n) is 3.57. The van der Waals surface area contributed by atoms with Crippen LogP contribution in [0, 0.1) is 0 Å². The van der Waals surface area contributed by atoms with Crippen molar-refractivity contribution in [2.45, 2.75) is 30.8 Å². The predicted octanol–water partition coefficient (Wildman–Crippen LogP) is 2.00. The van der Waals surface area contributed by atoms with E-state index in [4.69, 9.17) is 5.73 Å². The zero-order valence-corrected chi connectivity index (χ0v) is 17.5. The van der Waals surface area contributed by atoms with Crippen LogP contribution in [0.2, 0.25) is 0 Å². The Bertz CT molecular complexity index is 1180. The number of aromatic nitrogens is 3. The molecule has 31 heavy (non-hydrogen) atoms. The van der Waals surface area contributed by atoms with Crippen molar-refractivity contribution in [1.82, 2.24) is 14.5 Å². The van der Waals surface area contributed by atoms with Crippen molar-refractivity contribution >= 4 is 29.3 Å². The molecule has 1 aromatic carbocycles. The lowest BCUT2D eigenvalue weighted by atomic mass is 10.2. The summed E-state index contributed by atoms with van der Waals surface area (Å²) in [5.41, 5.74) is 8.67. The SMILES string of the molecule is NC(=O)c1ccc(NC(=O)CSc2nc(=O)n(Cc3ccccn3)c3c2CCC3)cc1. The summed E-state index contributed by atoms with van der Waals surface area (Å²) in [7, 11) is 0. The largest absolute Gasteiger partial charge is 0.366 e. The lowest BCUT2D eigenvalue weighted by molar-refractivity contribution is -0.113. The highest BCUT2D eigenvalue weighted by Gasteiger charge is 2.22. The van der Waals surface area contributed by atoms with E-state index in [0.29, 0.717) is 22.8 Å². The summed E-state index contributed by atoms with van der Waals surface area (Å²) in [6, 6.07) is 12.0. The van der Waals surface area contributed by atoms with E-state index in [1.807, 2.05) is 18.2 Å². The van der Waals surface area contributed by atoms with Crippen LogP contribution in [0.4, 0.5) is 5.69 Å². The van der Waals surface area contributed by atoms with Crippen LogP contribution in [0.3, 0.4) is 0 Å². The molecule has 0 unspecified atom stereocenters. The number of nitrogens with zero attached hydrogens (tertiary/aromatic N) is 3. The number of hydrogen-bond acceptors (Lipinski definition) is 6. The van der Waals surface area contributed by atoms with Crippen LogP contribution in [0.25, 0.3) is 0 Å². The molecule has 1 aliphatic rings. The maximum absolute atomic E-state index is 12.7. The van der Waals surface area contributed by atoms with Gasteiger partial charge in [-0.25, -0.2) is 4.79 Å². The van der Waals surface area contributed by atoms with Gasteiger partial charge in [-0.1, -0.05) is 17.8 Å². The Morgan fingerprint density at radius 2 is 1.94 bits per heavy atom. The minimum absolute atomic E-state index is 0.126. The maximum Gasteiger partial charge on any atom is 0.349 e. The number of nitrogens with two attached hydrogens (primary N) is 1. The van der Waals surface area contributed by atoms with Gasteiger partial charge < -0.3 is 11.1 Å². The summed E-state index contributed by atoms with van der Waals surface area (Å²) < 4.78 is 1.69. The molecule has 2 aromatic heterocycles. The highest BCUT2D eigenvalue weighted by atomic mass is 32.2. The number of nitrogens with one attached hydrogen (secondary N) is 1. The summed E-state index contributed by atoms with van der Waals surface area (Å²) in [5.74, 6) is -0.616. The van der Waals surface area contributed by atoms with Gasteiger partial charge in [0.05, 0.1) is 18.0 Å². The number of thioether (sulfide) groups is 1. The fraction of sp³-hybridized carbons (Fsp3) is 0.227. The van der Waals surface area contributed by atoms with Gasteiger partial charge in [-0.2, -0.15) is 4.98 Å². The zero-order valence-electron chi connectivity index (χ0n) is 16.7. The molecule has 0 saturated carbocycles. The topological polar surface area (TPSA) is 120 Å². The Hall–Kier alpha value is -3.46.